The van der Waals surface area contributed by atoms with Crippen molar-refractivity contribution >= 4 is 5.97 Å². The number of rotatable bonds is 4. The molecule has 1 atom stereocenters. The van der Waals surface area contributed by atoms with Gasteiger partial charge in [0.25, 0.3) is 0 Å². The molecule has 1 aliphatic heterocycles. The van der Waals surface area contributed by atoms with Crippen LogP contribution in [0, 0.1) is 11.3 Å². The lowest BCUT2D eigenvalue weighted by Crippen LogP contribution is -2.22. The molecule has 146 valence electrons. The number of nitrogens with one attached hydrogen (secondary N) is 1. The summed E-state index contributed by atoms with van der Waals surface area (Å²) in [5.74, 6) is -0.544. The van der Waals surface area contributed by atoms with Crippen LogP contribution in [-0.2, 0) is 21.4 Å². The second-order valence-electron chi connectivity index (χ2n) is 7.70. The van der Waals surface area contributed by atoms with Crippen LogP contribution in [0.4, 0.5) is 0 Å². The third-order valence-electron chi connectivity index (χ3n) is 4.75. The van der Waals surface area contributed by atoms with E-state index >= 15 is 0 Å². The van der Waals surface area contributed by atoms with Gasteiger partial charge in [-0.05, 0) is 23.5 Å². The van der Waals surface area contributed by atoms with Gasteiger partial charge in [0, 0.05) is 0 Å². The summed E-state index contributed by atoms with van der Waals surface area (Å²) < 4.78 is 10.6. The van der Waals surface area contributed by atoms with Gasteiger partial charge in [0.05, 0.1) is 30.2 Å². The summed E-state index contributed by atoms with van der Waals surface area (Å²) in [6.45, 7) is 8.46. The van der Waals surface area contributed by atoms with E-state index in [2.05, 4.69) is 37.0 Å². The number of nitrogens with two attached hydrogens (primary N) is 1. The molecule has 0 saturated heterocycles. The molecule has 0 unspecified atom stereocenters. The Balaban J connectivity index is 2.08. The zero-order valence-electron chi connectivity index (χ0n) is 16.5. The summed E-state index contributed by atoms with van der Waals surface area (Å²) in [6.07, 6.45) is 0.00865. The number of nitriles is 1. The van der Waals surface area contributed by atoms with Gasteiger partial charge >= 0.3 is 5.97 Å². The monoisotopic (exact) mass is 380 g/mol. The fraction of sp³-hybridized carbons (Fsp3) is 0.381. The first-order chi connectivity index (χ1) is 13.3. The molecule has 0 radical (unpaired) electrons. The number of fused-ring (bicyclic) bond motifs is 1. The lowest BCUT2D eigenvalue weighted by Gasteiger charge is -2.25. The van der Waals surface area contributed by atoms with E-state index in [1.807, 2.05) is 24.3 Å². The third-order valence-corrected chi connectivity index (χ3v) is 4.75. The first-order valence-electron chi connectivity index (χ1n) is 9.17. The van der Waals surface area contributed by atoms with E-state index in [-0.39, 0.29) is 29.6 Å². The highest BCUT2D eigenvalue weighted by atomic mass is 16.5. The van der Waals surface area contributed by atoms with Gasteiger partial charge in [0.2, 0.25) is 11.8 Å². The van der Waals surface area contributed by atoms with Crippen molar-refractivity contribution in [3.05, 3.63) is 58.1 Å². The van der Waals surface area contributed by atoms with Crippen LogP contribution in [0.15, 0.2) is 35.7 Å². The Morgan fingerprint density at radius 2 is 2.04 bits per heavy atom. The summed E-state index contributed by atoms with van der Waals surface area (Å²) in [6, 6.07) is 10.2. The summed E-state index contributed by atoms with van der Waals surface area (Å²) in [4.78, 5) is 12.0. The summed E-state index contributed by atoms with van der Waals surface area (Å²) >= 11 is 0. The van der Waals surface area contributed by atoms with Gasteiger partial charge < -0.3 is 15.2 Å². The fourth-order valence-electron chi connectivity index (χ4n) is 3.31. The minimum atomic E-state index is -0.467. The van der Waals surface area contributed by atoms with E-state index in [0.717, 1.165) is 5.56 Å². The van der Waals surface area contributed by atoms with Gasteiger partial charge in [-0.2, -0.15) is 5.26 Å². The Bertz CT molecular complexity index is 959. The first-order valence-corrected chi connectivity index (χ1v) is 9.17. The van der Waals surface area contributed by atoms with E-state index in [9.17, 15) is 10.1 Å². The van der Waals surface area contributed by atoms with E-state index < -0.39 is 5.92 Å². The molecule has 7 nitrogen and oxygen atoms in total. The van der Waals surface area contributed by atoms with Crippen LogP contribution in [0.5, 0.6) is 5.88 Å². The molecular weight excluding hydrogens is 356 g/mol. The van der Waals surface area contributed by atoms with Crippen molar-refractivity contribution in [1.82, 2.24) is 10.2 Å². The third kappa shape index (κ3) is 3.58. The Kier molecular flexibility index (Phi) is 5.14. The SMILES string of the molecule is CCOC(=O)Cc1[nH]nc2c1[C@@H](c1ccc(C(C)(C)C)cc1)C(C#N)=C(N)O2. The fourth-order valence-corrected chi connectivity index (χ4v) is 3.31. The van der Waals surface area contributed by atoms with Crippen LogP contribution >= 0.6 is 0 Å². The molecule has 0 bridgehead atoms. The first kappa shape index (κ1) is 19.5. The van der Waals surface area contributed by atoms with Crippen LogP contribution in [0.1, 0.15) is 56.0 Å². The zero-order valence-corrected chi connectivity index (χ0v) is 16.5. The molecule has 28 heavy (non-hydrogen) atoms. The molecule has 2 heterocycles. The van der Waals surface area contributed by atoms with E-state index in [4.69, 9.17) is 15.2 Å². The van der Waals surface area contributed by atoms with Crippen molar-refractivity contribution in [2.45, 2.75) is 45.4 Å². The van der Waals surface area contributed by atoms with Gasteiger partial charge in [-0.25, -0.2) is 0 Å². The second-order valence-corrected chi connectivity index (χ2v) is 7.70. The number of aromatic amines is 1. The molecule has 1 aliphatic rings. The number of hydrogen-bond donors (Lipinski definition) is 2. The van der Waals surface area contributed by atoms with Gasteiger partial charge in [-0.1, -0.05) is 45.0 Å². The van der Waals surface area contributed by atoms with E-state index in [1.165, 1.54) is 5.56 Å². The number of carbonyl (C=O) groups excluding carboxylic acids is 1. The van der Waals surface area contributed by atoms with Crippen molar-refractivity contribution in [2.24, 2.45) is 5.73 Å². The highest BCUT2D eigenvalue weighted by Crippen LogP contribution is 2.43. The van der Waals surface area contributed by atoms with E-state index in [1.54, 1.807) is 6.92 Å². The lowest BCUT2D eigenvalue weighted by molar-refractivity contribution is -0.142. The van der Waals surface area contributed by atoms with E-state index in [0.29, 0.717) is 23.4 Å². The molecule has 1 aromatic carbocycles. The molecule has 7 heteroatoms. The Morgan fingerprint density at radius 1 is 1.36 bits per heavy atom. The van der Waals surface area contributed by atoms with Crippen LogP contribution < -0.4 is 10.5 Å². The zero-order chi connectivity index (χ0) is 20.5. The highest BCUT2D eigenvalue weighted by molar-refractivity contribution is 5.73. The maximum Gasteiger partial charge on any atom is 0.311 e. The van der Waals surface area contributed by atoms with Crippen molar-refractivity contribution < 1.29 is 14.3 Å². The normalized spacial score (nSPS) is 16.2. The molecule has 1 aromatic heterocycles. The average Bonchev–Trinajstić information content (AvgIpc) is 3.02. The maximum atomic E-state index is 12.0. The molecule has 0 amide bonds. The van der Waals surface area contributed by atoms with Gasteiger partial charge in [-0.15, -0.1) is 5.10 Å². The molecule has 0 aliphatic carbocycles. The number of hydrogen-bond acceptors (Lipinski definition) is 6. The number of carbonyl (C=O) groups is 1. The molecule has 0 spiro atoms. The number of allylic oxidation sites excluding steroid dienone is 1. The standard InChI is InChI=1S/C21H24N4O3/c1-5-27-16(26)10-15-18-17(12-6-8-13(9-7-12)21(2,3)4)14(11-22)19(23)28-20(18)25-24-15/h6-9,17H,5,10,23H2,1-4H3,(H,24,25)/t17-/m0/s1. The summed E-state index contributed by atoms with van der Waals surface area (Å²) in [7, 11) is 0. The van der Waals surface area contributed by atoms with Crippen LogP contribution in [0.3, 0.4) is 0 Å². The number of esters is 1. The van der Waals surface area contributed by atoms with Crippen molar-refractivity contribution in [3.8, 4) is 11.9 Å². The highest BCUT2D eigenvalue weighted by Gasteiger charge is 2.35. The Hall–Kier alpha value is -3.27. The van der Waals surface area contributed by atoms with Crippen LogP contribution in [0.2, 0.25) is 0 Å². The smallest absolute Gasteiger partial charge is 0.311 e. The Morgan fingerprint density at radius 3 is 2.61 bits per heavy atom. The van der Waals surface area contributed by atoms with Crippen LogP contribution in [-0.4, -0.2) is 22.8 Å². The number of nitrogens with zero attached hydrogens (tertiary/aromatic N) is 2. The Labute approximate surface area is 164 Å². The second kappa shape index (κ2) is 7.39. The van der Waals surface area contributed by atoms with Crippen molar-refractivity contribution in [2.75, 3.05) is 6.61 Å². The van der Waals surface area contributed by atoms with Crippen molar-refractivity contribution in [3.63, 3.8) is 0 Å². The minimum absolute atomic E-state index is 0.00865. The molecule has 0 fully saturated rings. The molecule has 3 N–H and O–H groups in total. The average molecular weight is 380 g/mol. The van der Waals surface area contributed by atoms with Gasteiger partial charge in [-0.3, -0.25) is 9.89 Å². The summed E-state index contributed by atoms with van der Waals surface area (Å²) in [5.41, 5.74) is 9.54. The maximum absolute atomic E-state index is 12.0. The number of benzene rings is 1. The molecule has 0 saturated carbocycles. The lowest BCUT2D eigenvalue weighted by atomic mass is 9.81. The number of ether oxygens (including phenoxy) is 2. The predicted octanol–water partition coefficient (Wildman–Crippen LogP) is 3.03. The predicted molar refractivity (Wildman–Crippen MR) is 103 cm³/mol. The van der Waals surface area contributed by atoms with Gasteiger partial charge in [0.15, 0.2) is 0 Å². The molecule has 3 rings (SSSR count). The topological polar surface area (TPSA) is 114 Å². The number of H-pyrrole nitrogens is 1. The largest absolute Gasteiger partial charge is 0.466 e. The van der Waals surface area contributed by atoms with Crippen LogP contribution in [0.25, 0.3) is 0 Å². The molecular formula is C21H24N4O3. The quantitative estimate of drug-likeness (QED) is 0.788. The van der Waals surface area contributed by atoms with Gasteiger partial charge in [0.1, 0.15) is 11.6 Å². The summed E-state index contributed by atoms with van der Waals surface area (Å²) in [5, 5.41) is 16.7. The van der Waals surface area contributed by atoms with Crippen molar-refractivity contribution in [1.29, 1.82) is 5.26 Å². The number of aromatic nitrogens is 2. The molecule has 2 aromatic rings. The minimum Gasteiger partial charge on any atom is -0.466 e.